The predicted molar refractivity (Wildman–Crippen MR) is 79.7 cm³/mol. The Morgan fingerprint density at radius 1 is 1.18 bits per heavy atom. The van der Waals surface area contributed by atoms with Crippen LogP contribution in [0.4, 0.5) is 0 Å². The molecule has 0 unspecified atom stereocenters. The van der Waals surface area contributed by atoms with Crippen molar-refractivity contribution in [3.05, 3.63) is 35.4 Å². The Morgan fingerprint density at radius 2 is 1.88 bits per heavy atom. The molecule has 0 spiro atoms. The summed E-state index contributed by atoms with van der Waals surface area (Å²) in [4.78, 5) is 4.40. The minimum Gasteiger partial charge on any atom is -0.257 e. The zero-order valence-electron chi connectivity index (χ0n) is 11.3. The van der Waals surface area contributed by atoms with Crippen LogP contribution in [0.2, 0.25) is 0 Å². The van der Waals surface area contributed by atoms with Gasteiger partial charge in [-0.2, -0.15) is 0 Å². The summed E-state index contributed by atoms with van der Waals surface area (Å²) in [5.41, 5.74) is 1.11. The van der Waals surface area contributed by atoms with Crippen LogP contribution in [0.1, 0.15) is 45.7 Å². The molecule has 0 bridgehead atoms. The molecule has 17 heavy (non-hydrogen) atoms. The normalized spacial score (nSPS) is 12.1. The van der Waals surface area contributed by atoms with Gasteiger partial charge in [0.1, 0.15) is 0 Å². The topological polar surface area (TPSA) is 12.9 Å². The Labute approximate surface area is 107 Å². The monoisotopic (exact) mass is 249 g/mol. The minimum absolute atomic E-state index is 0.0730. The maximum Gasteiger partial charge on any atom is 0.0632 e. The molecule has 1 nitrogen and oxygen atoms in total. The Hall–Kier alpha value is -0.680. The molecule has 94 valence electrons. The van der Waals surface area contributed by atoms with Crippen molar-refractivity contribution in [2.45, 2.75) is 40.0 Å². The second-order valence-electron chi connectivity index (χ2n) is 4.23. The van der Waals surface area contributed by atoms with Gasteiger partial charge in [-0.15, -0.1) is 0 Å². The zero-order valence-corrected chi connectivity index (χ0v) is 12.2. The maximum atomic E-state index is 4.40. The quantitative estimate of drug-likeness (QED) is 0.610. The van der Waals surface area contributed by atoms with Gasteiger partial charge in [-0.1, -0.05) is 47.6 Å². The fraction of sp³-hybridized carbons (Fsp3) is 0.533. The molecular formula is C15H24NP. The van der Waals surface area contributed by atoms with Crippen molar-refractivity contribution in [3.63, 3.8) is 0 Å². The summed E-state index contributed by atoms with van der Waals surface area (Å²) in [6.07, 6.45) is 10.7. The summed E-state index contributed by atoms with van der Waals surface area (Å²) < 4.78 is 0. The van der Waals surface area contributed by atoms with Gasteiger partial charge in [0.25, 0.3) is 0 Å². The third-order valence-corrected chi connectivity index (χ3v) is 5.99. The van der Waals surface area contributed by atoms with E-state index in [2.05, 4.69) is 44.0 Å². The molecule has 0 aromatic carbocycles. The first-order valence-electron chi connectivity index (χ1n) is 6.68. The highest BCUT2D eigenvalue weighted by Gasteiger charge is 2.10. The molecular weight excluding hydrogens is 225 g/mol. The Kier molecular flexibility index (Phi) is 7.12. The molecule has 1 rings (SSSR count). The van der Waals surface area contributed by atoms with Crippen molar-refractivity contribution >= 4 is 14.0 Å². The lowest BCUT2D eigenvalue weighted by molar-refractivity contribution is 1.05. The minimum atomic E-state index is 0.0730. The summed E-state index contributed by atoms with van der Waals surface area (Å²) in [7, 11) is 0.0730. The van der Waals surface area contributed by atoms with E-state index in [1.54, 1.807) is 5.31 Å². The van der Waals surface area contributed by atoms with Gasteiger partial charge in [-0.05, 0) is 42.3 Å². The number of hydrogen-bond acceptors (Lipinski definition) is 1. The second kappa shape index (κ2) is 8.42. The van der Waals surface area contributed by atoms with Crippen LogP contribution in [0.5, 0.6) is 0 Å². The van der Waals surface area contributed by atoms with Gasteiger partial charge in [0, 0.05) is 6.20 Å². The molecule has 0 atom stereocenters. The van der Waals surface area contributed by atoms with Gasteiger partial charge >= 0.3 is 0 Å². The Bertz CT molecular complexity index is 326. The highest BCUT2D eigenvalue weighted by atomic mass is 31.1. The van der Waals surface area contributed by atoms with E-state index in [0.717, 1.165) is 5.69 Å². The van der Waals surface area contributed by atoms with Crippen LogP contribution in [0.3, 0.4) is 0 Å². The second-order valence-corrected chi connectivity index (χ2v) is 6.78. The van der Waals surface area contributed by atoms with Gasteiger partial charge in [0.15, 0.2) is 0 Å². The average Bonchev–Trinajstić information content (AvgIpc) is 2.37. The van der Waals surface area contributed by atoms with Crippen LogP contribution in [0, 0.1) is 0 Å². The zero-order chi connectivity index (χ0) is 12.5. The molecule has 0 saturated heterocycles. The van der Waals surface area contributed by atoms with Crippen LogP contribution in [0.25, 0.3) is 6.08 Å². The van der Waals surface area contributed by atoms with E-state index >= 15 is 0 Å². The van der Waals surface area contributed by atoms with Crippen molar-refractivity contribution in [1.82, 2.24) is 4.98 Å². The van der Waals surface area contributed by atoms with E-state index in [1.165, 1.54) is 31.6 Å². The molecule has 0 fully saturated rings. The van der Waals surface area contributed by atoms with E-state index in [1.807, 2.05) is 12.3 Å². The van der Waals surface area contributed by atoms with Crippen molar-refractivity contribution < 1.29 is 0 Å². The molecule has 0 saturated carbocycles. The lowest BCUT2D eigenvalue weighted by Crippen LogP contribution is -1.92. The summed E-state index contributed by atoms with van der Waals surface area (Å²) in [5, 5.41) is 1.63. The Balaban J connectivity index is 2.83. The number of nitrogens with zero attached hydrogens (tertiary/aromatic N) is 1. The van der Waals surface area contributed by atoms with Crippen LogP contribution < -0.4 is 0 Å². The van der Waals surface area contributed by atoms with Crippen LogP contribution in [-0.4, -0.2) is 17.3 Å². The highest BCUT2D eigenvalue weighted by molar-refractivity contribution is 7.62. The van der Waals surface area contributed by atoms with Crippen LogP contribution in [0.15, 0.2) is 29.7 Å². The lowest BCUT2D eigenvalue weighted by atomic mass is 10.3. The highest BCUT2D eigenvalue weighted by Crippen LogP contribution is 2.48. The fourth-order valence-corrected chi connectivity index (χ4v) is 4.63. The SMILES string of the molecule is CCCP(CCC)/C(=C/c1ccccn1)CC. The first kappa shape index (κ1) is 14.4. The number of pyridine rings is 1. The maximum absolute atomic E-state index is 4.40. The molecule has 0 N–H and O–H groups in total. The third kappa shape index (κ3) is 5.00. The molecule has 0 aliphatic rings. The molecule has 0 radical (unpaired) electrons. The molecule has 0 amide bonds. The number of rotatable bonds is 7. The van der Waals surface area contributed by atoms with Crippen molar-refractivity contribution in [3.8, 4) is 0 Å². The lowest BCUT2D eigenvalue weighted by Gasteiger charge is -2.19. The summed E-state index contributed by atoms with van der Waals surface area (Å²) in [6.45, 7) is 6.85. The number of allylic oxidation sites excluding steroid dienone is 1. The third-order valence-electron chi connectivity index (χ3n) is 2.76. The molecule has 0 aliphatic carbocycles. The average molecular weight is 249 g/mol. The van der Waals surface area contributed by atoms with Gasteiger partial charge in [-0.3, -0.25) is 4.98 Å². The Morgan fingerprint density at radius 3 is 2.35 bits per heavy atom. The molecule has 1 heterocycles. The van der Waals surface area contributed by atoms with E-state index in [0.29, 0.717) is 0 Å². The summed E-state index contributed by atoms with van der Waals surface area (Å²) >= 11 is 0. The van der Waals surface area contributed by atoms with Gasteiger partial charge in [0.05, 0.1) is 5.69 Å². The fourth-order valence-electron chi connectivity index (χ4n) is 1.99. The molecule has 2 heteroatoms. The van der Waals surface area contributed by atoms with E-state index in [4.69, 9.17) is 0 Å². The molecule has 1 aromatic rings. The van der Waals surface area contributed by atoms with Crippen molar-refractivity contribution in [1.29, 1.82) is 0 Å². The number of aromatic nitrogens is 1. The van der Waals surface area contributed by atoms with Crippen LogP contribution in [-0.2, 0) is 0 Å². The van der Waals surface area contributed by atoms with Crippen molar-refractivity contribution in [2.24, 2.45) is 0 Å². The van der Waals surface area contributed by atoms with Crippen molar-refractivity contribution in [2.75, 3.05) is 12.3 Å². The largest absolute Gasteiger partial charge is 0.257 e. The van der Waals surface area contributed by atoms with E-state index in [-0.39, 0.29) is 7.92 Å². The molecule has 1 aromatic heterocycles. The van der Waals surface area contributed by atoms with E-state index in [9.17, 15) is 0 Å². The van der Waals surface area contributed by atoms with Gasteiger partial charge in [-0.25, -0.2) is 0 Å². The van der Waals surface area contributed by atoms with Gasteiger partial charge < -0.3 is 0 Å². The van der Waals surface area contributed by atoms with Crippen LogP contribution >= 0.6 is 7.92 Å². The predicted octanol–water partition coefficient (Wildman–Crippen LogP) is 5.13. The smallest absolute Gasteiger partial charge is 0.0632 e. The number of hydrogen-bond donors (Lipinski definition) is 0. The first-order chi connectivity index (χ1) is 8.31. The first-order valence-corrected chi connectivity index (χ1v) is 8.39. The molecule has 0 aliphatic heterocycles. The standard InChI is InChI=1S/C15H24NP/c1-4-11-17(12-5-2)15(6-3)13-14-9-7-8-10-16-14/h7-10,13H,4-6,11-12H2,1-3H3/b15-13+. The van der Waals surface area contributed by atoms with E-state index < -0.39 is 0 Å². The van der Waals surface area contributed by atoms with Gasteiger partial charge in [0.2, 0.25) is 0 Å². The summed E-state index contributed by atoms with van der Waals surface area (Å²) in [5.74, 6) is 0. The summed E-state index contributed by atoms with van der Waals surface area (Å²) in [6, 6.07) is 6.14.